The predicted octanol–water partition coefficient (Wildman–Crippen LogP) is 3.47. The number of aryl methyl sites for hydroxylation is 1. The molecule has 0 atom stereocenters. The highest BCUT2D eigenvalue weighted by atomic mass is 16.5. The highest BCUT2D eigenvalue weighted by Gasteiger charge is 2.02. The molecule has 0 fully saturated rings. The van der Waals surface area contributed by atoms with Gasteiger partial charge in [0, 0.05) is 18.3 Å². The Morgan fingerprint density at radius 1 is 1.10 bits per heavy atom. The van der Waals surface area contributed by atoms with Crippen molar-refractivity contribution in [1.82, 2.24) is 10.3 Å². The number of ether oxygens (including phenoxy) is 1. The molecule has 106 valence electrons. The van der Waals surface area contributed by atoms with E-state index < -0.39 is 0 Å². The van der Waals surface area contributed by atoms with E-state index in [1.807, 2.05) is 31.2 Å². The summed E-state index contributed by atoms with van der Waals surface area (Å²) in [5.41, 5.74) is 3.36. The third kappa shape index (κ3) is 4.67. The fourth-order valence-corrected chi connectivity index (χ4v) is 2.02. The standard InChI is InChI=1S/C17H22N2O/c1-3-9-18-12-16-10-14(2)19-17(11-16)20-13-15-7-5-4-6-8-15/h4-8,10-11,18H,3,9,12-13H2,1-2H3. The van der Waals surface area contributed by atoms with Crippen LogP contribution in [0.15, 0.2) is 42.5 Å². The van der Waals surface area contributed by atoms with Gasteiger partial charge in [0.05, 0.1) is 0 Å². The van der Waals surface area contributed by atoms with Crippen molar-refractivity contribution in [2.45, 2.75) is 33.4 Å². The summed E-state index contributed by atoms with van der Waals surface area (Å²) in [4.78, 5) is 4.43. The molecule has 1 aromatic heterocycles. The summed E-state index contributed by atoms with van der Waals surface area (Å²) < 4.78 is 5.78. The Bertz CT molecular complexity index is 526. The molecule has 0 bridgehead atoms. The van der Waals surface area contributed by atoms with E-state index in [0.717, 1.165) is 30.8 Å². The summed E-state index contributed by atoms with van der Waals surface area (Å²) in [7, 11) is 0. The molecular formula is C17H22N2O. The van der Waals surface area contributed by atoms with E-state index in [2.05, 4.69) is 35.4 Å². The van der Waals surface area contributed by atoms with Gasteiger partial charge in [-0.1, -0.05) is 37.3 Å². The van der Waals surface area contributed by atoms with Crippen LogP contribution >= 0.6 is 0 Å². The van der Waals surface area contributed by atoms with E-state index in [1.165, 1.54) is 5.56 Å². The summed E-state index contributed by atoms with van der Waals surface area (Å²) in [6, 6.07) is 14.3. The van der Waals surface area contributed by atoms with E-state index in [9.17, 15) is 0 Å². The van der Waals surface area contributed by atoms with Gasteiger partial charge in [-0.15, -0.1) is 0 Å². The Morgan fingerprint density at radius 2 is 1.90 bits per heavy atom. The summed E-state index contributed by atoms with van der Waals surface area (Å²) in [6.07, 6.45) is 1.14. The molecule has 1 N–H and O–H groups in total. The number of rotatable bonds is 7. The Balaban J connectivity index is 1.97. The van der Waals surface area contributed by atoms with Crippen LogP contribution in [0.3, 0.4) is 0 Å². The highest BCUT2D eigenvalue weighted by molar-refractivity contribution is 5.25. The van der Waals surface area contributed by atoms with Crippen LogP contribution in [0.25, 0.3) is 0 Å². The first kappa shape index (κ1) is 14.5. The lowest BCUT2D eigenvalue weighted by Crippen LogP contribution is -2.14. The van der Waals surface area contributed by atoms with E-state index in [1.54, 1.807) is 0 Å². The molecule has 2 rings (SSSR count). The summed E-state index contributed by atoms with van der Waals surface area (Å²) in [5.74, 6) is 0.696. The summed E-state index contributed by atoms with van der Waals surface area (Å²) >= 11 is 0. The van der Waals surface area contributed by atoms with E-state index in [0.29, 0.717) is 12.5 Å². The van der Waals surface area contributed by atoms with Gasteiger partial charge in [-0.05, 0) is 37.1 Å². The van der Waals surface area contributed by atoms with Crippen molar-refractivity contribution >= 4 is 0 Å². The molecule has 0 spiro atoms. The van der Waals surface area contributed by atoms with Crippen LogP contribution in [0.4, 0.5) is 0 Å². The molecule has 1 heterocycles. The van der Waals surface area contributed by atoms with Gasteiger partial charge in [0.15, 0.2) is 0 Å². The first-order valence-electron chi connectivity index (χ1n) is 7.13. The molecular weight excluding hydrogens is 248 g/mol. The normalized spacial score (nSPS) is 10.5. The number of benzene rings is 1. The van der Waals surface area contributed by atoms with Crippen LogP contribution in [0, 0.1) is 6.92 Å². The van der Waals surface area contributed by atoms with Gasteiger partial charge in [-0.3, -0.25) is 0 Å². The van der Waals surface area contributed by atoms with Crippen LogP contribution < -0.4 is 10.1 Å². The summed E-state index contributed by atoms with van der Waals surface area (Å²) in [6.45, 7) is 6.61. The molecule has 2 aromatic rings. The second-order valence-electron chi connectivity index (χ2n) is 4.91. The van der Waals surface area contributed by atoms with E-state index >= 15 is 0 Å². The third-order valence-corrected chi connectivity index (χ3v) is 2.98. The highest BCUT2D eigenvalue weighted by Crippen LogP contribution is 2.14. The molecule has 20 heavy (non-hydrogen) atoms. The van der Waals surface area contributed by atoms with Crippen LogP contribution in [0.2, 0.25) is 0 Å². The van der Waals surface area contributed by atoms with Gasteiger partial charge in [0.25, 0.3) is 0 Å². The molecule has 1 aromatic carbocycles. The largest absolute Gasteiger partial charge is 0.473 e. The van der Waals surface area contributed by atoms with Crippen molar-refractivity contribution in [3.63, 3.8) is 0 Å². The lowest BCUT2D eigenvalue weighted by atomic mass is 10.2. The van der Waals surface area contributed by atoms with Crippen molar-refractivity contribution < 1.29 is 4.74 Å². The van der Waals surface area contributed by atoms with Crippen molar-refractivity contribution in [1.29, 1.82) is 0 Å². The minimum Gasteiger partial charge on any atom is -0.473 e. The van der Waals surface area contributed by atoms with Gasteiger partial charge in [0.2, 0.25) is 5.88 Å². The molecule has 0 aliphatic carbocycles. The van der Waals surface area contributed by atoms with Crippen molar-refractivity contribution in [3.8, 4) is 5.88 Å². The maximum atomic E-state index is 5.78. The molecule has 0 amide bonds. The Kier molecular flexibility index (Phi) is 5.56. The Hall–Kier alpha value is -1.87. The van der Waals surface area contributed by atoms with Gasteiger partial charge < -0.3 is 10.1 Å². The fraction of sp³-hybridized carbons (Fsp3) is 0.353. The molecule has 3 heteroatoms. The number of hydrogen-bond donors (Lipinski definition) is 1. The zero-order valence-corrected chi connectivity index (χ0v) is 12.2. The van der Waals surface area contributed by atoms with Crippen molar-refractivity contribution in [2.24, 2.45) is 0 Å². The lowest BCUT2D eigenvalue weighted by molar-refractivity contribution is 0.293. The third-order valence-electron chi connectivity index (χ3n) is 2.98. The average Bonchev–Trinajstić information content (AvgIpc) is 2.46. The molecule has 0 unspecified atom stereocenters. The maximum absolute atomic E-state index is 5.78. The van der Waals surface area contributed by atoms with Crippen LogP contribution in [-0.2, 0) is 13.2 Å². The first-order valence-corrected chi connectivity index (χ1v) is 7.13. The molecule has 0 radical (unpaired) electrons. The zero-order chi connectivity index (χ0) is 14.2. The van der Waals surface area contributed by atoms with E-state index in [-0.39, 0.29) is 0 Å². The van der Waals surface area contributed by atoms with Gasteiger partial charge in [-0.25, -0.2) is 4.98 Å². The second-order valence-corrected chi connectivity index (χ2v) is 4.91. The van der Waals surface area contributed by atoms with E-state index in [4.69, 9.17) is 4.74 Å². The molecule has 0 saturated heterocycles. The minimum absolute atomic E-state index is 0.555. The van der Waals surface area contributed by atoms with Crippen molar-refractivity contribution in [3.05, 3.63) is 59.3 Å². The number of hydrogen-bond acceptors (Lipinski definition) is 3. The number of nitrogens with one attached hydrogen (secondary N) is 1. The Labute approximate surface area is 121 Å². The average molecular weight is 270 g/mol. The zero-order valence-electron chi connectivity index (χ0n) is 12.2. The number of nitrogens with zero attached hydrogens (tertiary/aromatic N) is 1. The molecule has 0 aliphatic heterocycles. The van der Waals surface area contributed by atoms with Gasteiger partial charge in [-0.2, -0.15) is 0 Å². The maximum Gasteiger partial charge on any atom is 0.214 e. The quantitative estimate of drug-likeness (QED) is 0.782. The summed E-state index contributed by atoms with van der Waals surface area (Å²) in [5, 5.41) is 3.40. The first-order chi connectivity index (χ1) is 9.78. The topological polar surface area (TPSA) is 34.2 Å². The minimum atomic E-state index is 0.555. The van der Waals surface area contributed by atoms with Gasteiger partial charge >= 0.3 is 0 Å². The second kappa shape index (κ2) is 7.65. The molecule has 0 aliphatic rings. The van der Waals surface area contributed by atoms with Crippen LogP contribution in [0.1, 0.15) is 30.2 Å². The number of pyridine rings is 1. The van der Waals surface area contributed by atoms with Crippen LogP contribution in [-0.4, -0.2) is 11.5 Å². The predicted molar refractivity (Wildman–Crippen MR) is 81.7 cm³/mol. The Morgan fingerprint density at radius 3 is 2.65 bits per heavy atom. The van der Waals surface area contributed by atoms with Crippen molar-refractivity contribution in [2.75, 3.05) is 6.54 Å². The fourth-order valence-electron chi connectivity index (χ4n) is 2.02. The van der Waals surface area contributed by atoms with Gasteiger partial charge in [0.1, 0.15) is 6.61 Å². The number of aromatic nitrogens is 1. The monoisotopic (exact) mass is 270 g/mol. The molecule has 0 saturated carbocycles. The smallest absolute Gasteiger partial charge is 0.214 e. The molecule has 3 nitrogen and oxygen atoms in total. The van der Waals surface area contributed by atoms with Crippen LogP contribution in [0.5, 0.6) is 5.88 Å². The SMILES string of the molecule is CCCNCc1cc(C)nc(OCc2ccccc2)c1. The lowest BCUT2D eigenvalue weighted by Gasteiger charge is -2.09.